The van der Waals surface area contributed by atoms with Crippen molar-refractivity contribution in [3.63, 3.8) is 0 Å². The number of methoxy groups -OCH3 is 1. The fourth-order valence-corrected chi connectivity index (χ4v) is 9.61. The molecular weight excluding hydrogens is 718 g/mol. The molecule has 0 bridgehead atoms. The molecule has 2 aromatic heterocycles. The first-order chi connectivity index (χ1) is 24.7. The third kappa shape index (κ3) is 8.22. The molecule has 1 aliphatic rings. The molecule has 4 atom stereocenters. The van der Waals surface area contributed by atoms with Crippen molar-refractivity contribution < 1.29 is 41.0 Å². The SMILES string of the molecule is COC(=O)NC(C(=O)C[C@H](c1ccc([C@@H](CO)N(C(C)C)S(=O)(=O)c2ccc(N)cc2)s1)C(F)(F)F)[C@H](C1=CCc2ncccc21)c1ccccc1. The zero-order valence-corrected chi connectivity index (χ0v) is 30.2. The van der Waals surface area contributed by atoms with Crippen molar-refractivity contribution in [1.82, 2.24) is 14.6 Å². The van der Waals surface area contributed by atoms with Gasteiger partial charge in [-0.15, -0.1) is 11.3 Å². The summed E-state index contributed by atoms with van der Waals surface area (Å²) < 4.78 is 78.3. The Bertz CT molecular complexity index is 2020. The van der Waals surface area contributed by atoms with Gasteiger partial charge < -0.3 is 20.9 Å². The number of sulfonamides is 1. The molecule has 0 fully saturated rings. The molecule has 0 aliphatic heterocycles. The van der Waals surface area contributed by atoms with Crippen LogP contribution in [0.3, 0.4) is 0 Å². The lowest BCUT2D eigenvalue weighted by Gasteiger charge is -2.32. The standard InChI is InChI=1S/C37H39F3N4O6S2/c1-22(2)44(52(48,49)25-13-11-24(41)12-14-25)30(21-45)33-18-17-32(51-33)28(37(38,39)40)20-31(46)35(43-36(47)50-3)34(23-8-5-4-6-9-23)27-15-16-29-26(27)10-7-19-42-29/h4-15,17-19,22,28,30,34-35,45H,16,20-21,41H2,1-3H3,(H,43,47)/t28-,30-,34+,35?/m1/s1. The number of alkyl carbamates (subject to hydrolysis) is 1. The predicted octanol–water partition coefficient (Wildman–Crippen LogP) is 6.61. The first-order valence-electron chi connectivity index (χ1n) is 16.4. The summed E-state index contributed by atoms with van der Waals surface area (Å²) in [5, 5.41) is 13.0. The molecule has 10 nitrogen and oxygen atoms in total. The molecule has 4 aromatic rings. The number of amides is 1. The number of aromatic nitrogens is 1. The molecule has 1 amide bonds. The number of fused-ring (bicyclic) bond motifs is 1. The number of halogens is 3. The summed E-state index contributed by atoms with van der Waals surface area (Å²) in [6.45, 7) is 2.46. The maximum absolute atomic E-state index is 15.0. The van der Waals surface area contributed by atoms with Gasteiger partial charge in [-0.2, -0.15) is 17.5 Å². The summed E-state index contributed by atoms with van der Waals surface area (Å²) in [6, 6.07) is 16.8. The second kappa shape index (κ2) is 16.0. The number of nitrogens with zero attached hydrogens (tertiary/aromatic N) is 2. The smallest absolute Gasteiger partial charge is 0.407 e. The van der Waals surface area contributed by atoms with Crippen LogP contribution in [-0.4, -0.2) is 66.7 Å². The van der Waals surface area contributed by atoms with E-state index in [1.54, 1.807) is 56.4 Å². The summed E-state index contributed by atoms with van der Waals surface area (Å²) >= 11 is 0.663. The van der Waals surface area contributed by atoms with Gasteiger partial charge in [0.15, 0.2) is 5.78 Å². The van der Waals surface area contributed by atoms with Gasteiger partial charge in [0.25, 0.3) is 0 Å². The molecule has 4 N–H and O–H groups in total. The second-order valence-corrected chi connectivity index (χ2v) is 15.6. The number of carbonyl (C=O) groups is 2. The fraction of sp³-hybridized carbons (Fsp3) is 0.324. The Morgan fingerprint density at radius 2 is 1.69 bits per heavy atom. The van der Waals surface area contributed by atoms with E-state index in [0.717, 1.165) is 22.7 Å². The molecule has 15 heteroatoms. The van der Waals surface area contributed by atoms with Crippen LogP contribution < -0.4 is 11.1 Å². The van der Waals surface area contributed by atoms with Crippen molar-refractivity contribution in [3.8, 4) is 0 Å². The number of alkyl halides is 3. The number of anilines is 1. The van der Waals surface area contributed by atoms with E-state index < -0.39 is 71.1 Å². The Morgan fingerprint density at radius 3 is 2.31 bits per heavy atom. The number of nitrogens with one attached hydrogen (secondary N) is 1. The van der Waals surface area contributed by atoms with Crippen LogP contribution in [0, 0.1) is 0 Å². The molecule has 0 saturated heterocycles. The highest BCUT2D eigenvalue weighted by molar-refractivity contribution is 7.89. The number of ether oxygens (including phenoxy) is 1. The van der Waals surface area contributed by atoms with Crippen molar-refractivity contribution >= 4 is 44.5 Å². The van der Waals surface area contributed by atoms with E-state index in [1.807, 2.05) is 12.1 Å². The fourth-order valence-electron chi connectivity index (χ4n) is 6.52. The molecule has 276 valence electrons. The minimum Gasteiger partial charge on any atom is -0.453 e. The first-order valence-corrected chi connectivity index (χ1v) is 18.7. The third-order valence-electron chi connectivity index (χ3n) is 8.91. The summed E-state index contributed by atoms with van der Waals surface area (Å²) in [5.74, 6) is -4.10. The summed E-state index contributed by atoms with van der Waals surface area (Å²) in [7, 11) is -3.14. The van der Waals surface area contributed by atoms with Gasteiger partial charge in [0.2, 0.25) is 10.0 Å². The molecule has 2 heterocycles. The number of aliphatic hydroxyl groups is 1. The monoisotopic (exact) mass is 756 g/mol. The van der Waals surface area contributed by atoms with Gasteiger partial charge in [-0.3, -0.25) is 9.78 Å². The predicted molar refractivity (Wildman–Crippen MR) is 192 cm³/mol. The molecule has 0 radical (unpaired) electrons. The van der Waals surface area contributed by atoms with Gasteiger partial charge in [-0.25, -0.2) is 13.2 Å². The van der Waals surface area contributed by atoms with Crippen LogP contribution in [0.25, 0.3) is 5.57 Å². The normalized spacial score (nSPS) is 15.4. The number of hydrogen-bond donors (Lipinski definition) is 3. The summed E-state index contributed by atoms with van der Waals surface area (Å²) in [4.78, 5) is 31.2. The number of pyridine rings is 1. The zero-order valence-electron chi connectivity index (χ0n) is 28.6. The van der Waals surface area contributed by atoms with Crippen molar-refractivity contribution in [2.24, 2.45) is 0 Å². The second-order valence-electron chi connectivity index (χ2n) is 12.6. The van der Waals surface area contributed by atoms with E-state index in [2.05, 4.69) is 10.3 Å². The Hall–Kier alpha value is -4.57. The van der Waals surface area contributed by atoms with Gasteiger partial charge in [0.05, 0.1) is 36.3 Å². The number of Topliss-reactive ketones (excluding diaryl/α,β-unsaturated/α-hetero) is 1. The van der Waals surface area contributed by atoms with Crippen LogP contribution in [0.2, 0.25) is 0 Å². The van der Waals surface area contributed by atoms with Gasteiger partial charge in [-0.1, -0.05) is 42.5 Å². The van der Waals surface area contributed by atoms with Crippen LogP contribution in [0.4, 0.5) is 23.7 Å². The number of nitrogen functional groups attached to an aromatic ring is 1. The lowest BCUT2D eigenvalue weighted by atomic mass is 9.79. The highest BCUT2D eigenvalue weighted by Gasteiger charge is 2.46. The number of carbonyl (C=O) groups excluding carboxylic acids is 2. The average Bonchev–Trinajstić information content (AvgIpc) is 3.77. The number of nitrogens with two attached hydrogens (primary N) is 1. The molecule has 0 spiro atoms. The molecule has 2 aromatic carbocycles. The van der Waals surface area contributed by atoms with Crippen LogP contribution in [0.1, 0.15) is 64.7 Å². The van der Waals surface area contributed by atoms with Crippen molar-refractivity contribution in [3.05, 3.63) is 118 Å². The number of ketones is 1. The van der Waals surface area contributed by atoms with E-state index in [0.29, 0.717) is 34.6 Å². The van der Waals surface area contributed by atoms with Gasteiger partial charge >= 0.3 is 12.3 Å². The van der Waals surface area contributed by atoms with Crippen LogP contribution in [0.5, 0.6) is 0 Å². The van der Waals surface area contributed by atoms with Crippen LogP contribution >= 0.6 is 11.3 Å². The minimum atomic E-state index is -4.92. The van der Waals surface area contributed by atoms with Gasteiger partial charge in [-0.05, 0) is 73.0 Å². The quantitative estimate of drug-likeness (QED) is 0.122. The van der Waals surface area contributed by atoms with Crippen molar-refractivity contribution in [1.29, 1.82) is 0 Å². The van der Waals surface area contributed by atoms with Gasteiger partial charge in [0, 0.05) is 46.4 Å². The molecule has 1 aliphatic carbocycles. The summed E-state index contributed by atoms with van der Waals surface area (Å²) in [6.07, 6.45) is -3.04. The maximum Gasteiger partial charge on any atom is 0.407 e. The molecule has 5 rings (SSSR count). The van der Waals surface area contributed by atoms with E-state index in [9.17, 15) is 36.3 Å². The number of benzene rings is 2. The summed E-state index contributed by atoms with van der Waals surface area (Å²) in [5.41, 5.74) is 8.74. The van der Waals surface area contributed by atoms with E-state index in [-0.39, 0.29) is 14.6 Å². The minimum absolute atomic E-state index is 0.0997. The lowest BCUT2D eigenvalue weighted by Crippen LogP contribution is -2.46. The number of aliphatic hydroxyl groups excluding tert-OH is 1. The number of rotatable bonds is 14. The van der Waals surface area contributed by atoms with Crippen LogP contribution in [0.15, 0.2) is 96.0 Å². The highest BCUT2D eigenvalue weighted by Crippen LogP contribution is 2.45. The topological polar surface area (TPSA) is 152 Å². The van der Waals surface area contributed by atoms with Crippen molar-refractivity contribution in [2.75, 3.05) is 19.5 Å². The third-order valence-corrected chi connectivity index (χ3v) is 12.3. The van der Waals surface area contributed by atoms with E-state index in [4.69, 9.17) is 10.5 Å². The Morgan fingerprint density at radius 1 is 1.02 bits per heavy atom. The Kier molecular flexibility index (Phi) is 11.9. The Balaban J connectivity index is 1.52. The van der Waals surface area contributed by atoms with E-state index >= 15 is 0 Å². The molecule has 52 heavy (non-hydrogen) atoms. The van der Waals surface area contributed by atoms with Crippen molar-refractivity contribution in [2.45, 2.75) is 67.7 Å². The largest absolute Gasteiger partial charge is 0.453 e. The number of thiophene rings is 1. The number of hydrogen-bond acceptors (Lipinski definition) is 9. The van der Waals surface area contributed by atoms with Gasteiger partial charge in [0.1, 0.15) is 6.04 Å². The average molecular weight is 757 g/mol. The molecule has 0 saturated carbocycles. The highest BCUT2D eigenvalue weighted by atomic mass is 32.2. The lowest BCUT2D eigenvalue weighted by molar-refractivity contribution is -0.156. The zero-order chi connectivity index (χ0) is 37.8. The Labute approximate surface area is 304 Å². The number of allylic oxidation sites excluding steroid dienone is 1. The molecular formula is C37H39F3N4O6S2. The maximum atomic E-state index is 15.0. The van der Waals surface area contributed by atoms with E-state index in [1.165, 1.54) is 36.4 Å². The van der Waals surface area contributed by atoms with Crippen LogP contribution in [-0.2, 0) is 26.0 Å². The molecule has 1 unspecified atom stereocenters. The first kappa shape index (κ1) is 38.7.